The van der Waals surface area contributed by atoms with Gasteiger partial charge in [-0.1, -0.05) is 48.6 Å². The lowest BCUT2D eigenvalue weighted by atomic mass is 10.1. The van der Waals surface area contributed by atoms with Crippen molar-refractivity contribution in [3.05, 3.63) is 71.3 Å². The predicted molar refractivity (Wildman–Crippen MR) is 97.5 cm³/mol. The van der Waals surface area contributed by atoms with Crippen LogP contribution in [0.2, 0.25) is 0 Å². The fourth-order valence-electron chi connectivity index (χ4n) is 2.24. The zero-order chi connectivity index (χ0) is 19.7. The smallest absolute Gasteiger partial charge is 0.416 e. The topological polar surface area (TPSA) is 76.4 Å². The van der Waals surface area contributed by atoms with Crippen LogP contribution in [0.5, 0.6) is 0 Å². The molecule has 0 aromatic heterocycles. The Kier molecular flexibility index (Phi) is 7.25. The second-order valence-corrected chi connectivity index (χ2v) is 5.62. The van der Waals surface area contributed by atoms with E-state index in [1.54, 1.807) is 12.2 Å². The Morgan fingerprint density at radius 3 is 2.56 bits per heavy atom. The van der Waals surface area contributed by atoms with Gasteiger partial charge in [-0.05, 0) is 29.7 Å². The number of halogens is 3. The monoisotopic (exact) mass is 379 g/mol. The first-order chi connectivity index (χ1) is 12.9. The van der Waals surface area contributed by atoms with E-state index in [1.807, 2.05) is 30.3 Å². The summed E-state index contributed by atoms with van der Waals surface area (Å²) in [4.78, 5) is 11.6. The highest BCUT2D eigenvalue weighted by Gasteiger charge is 2.30. The van der Waals surface area contributed by atoms with Crippen LogP contribution in [0.25, 0.3) is 6.08 Å². The Labute approximate surface area is 155 Å². The lowest BCUT2D eigenvalue weighted by Crippen LogP contribution is -2.24. The number of ether oxygens (including phenoxy) is 1. The Balaban J connectivity index is 1.78. The fourth-order valence-corrected chi connectivity index (χ4v) is 2.24. The van der Waals surface area contributed by atoms with Crippen LogP contribution in [0.1, 0.15) is 23.1 Å². The zero-order valence-corrected chi connectivity index (χ0v) is 14.4. The SMILES string of the molecule is NNc1cc(C(F)(F)F)ccc1C=CCCNC(=O)OCc1ccccc1. The van der Waals surface area contributed by atoms with Crippen LogP contribution >= 0.6 is 0 Å². The number of carbonyl (C=O) groups is 1. The summed E-state index contributed by atoms with van der Waals surface area (Å²) in [6.45, 7) is 0.510. The van der Waals surface area contributed by atoms with E-state index in [1.165, 1.54) is 6.07 Å². The van der Waals surface area contributed by atoms with E-state index < -0.39 is 17.8 Å². The first kappa shape index (κ1) is 20.3. The van der Waals surface area contributed by atoms with Crippen LogP contribution in [0.15, 0.2) is 54.6 Å². The highest BCUT2D eigenvalue weighted by molar-refractivity contribution is 5.68. The van der Waals surface area contributed by atoms with Gasteiger partial charge in [0.2, 0.25) is 0 Å². The number of hydrazine groups is 1. The number of hydrogen-bond donors (Lipinski definition) is 3. The fraction of sp³-hybridized carbons (Fsp3) is 0.211. The van der Waals surface area contributed by atoms with E-state index >= 15 is 0 Å². The highest BCUT2D eigenvalue weighted by Crippen LogP contribution is 2.32. The quantitative estimate of drug-likeness (QED) is 0.380. The molecule has 144 valence electrons. The number of nitrogen functional groups attached to an aromatic ring is 1. The van der Waals surface area contributed by atoms with E-state index in [0.29, 0.717) is 18.5 Å². The Bertz CT molecular complexity index is 778. The molecule has 0 saturated heterocycles. The first-order valence-electron chi connectivity index (χ1n) is 8.19. The summed E-state index contributed by atoms with van der Waals surface area (Å²) >= 11 is 0. The number of nitrogens with two attached hydrogens (primary N) is 1. The van der Waals surface area contributed by atoms with Gasteiger partial charge in [-0.3, -0.25) is 5.84 Å². The first-order valence-corrected chi connectivity index (χ1v) is 8.19. The van der Waals surface area contributed by atoms with Gasteiger partial charge in [0.15, 0.2) is 0 Å². The van der Waals surface area contributed by atoms with Crippen molar-refractivity contribution in [2.75, 3.05) is 12.0 Å². The van der Waals surface area contributed by atoms with E-state index in [-0.39, 0.29) is 12.3 Å². The third kappa shape index (κ3) is 6.67. The van der Waals surface area contributed by atoms with Crippen LogP contribution in [0.4, 0.5) is 23.7 Å². The number of alkyl carbamates (subject to hydrolysis) is 1. The van der Waals surface area contributed by atoms with Crippen molar-refractivity contribution in [1.82, 2.24) is 5.32 Å². The molecule has 2 aromatic rings. The lowest BCUT2D eigenvalue weighted by Gasteiger charge is -2.11. The van der Waals surface area contributed by atoms with Gasteiger partial charge in [-0.2, -0.15) is 13.2 Å². The molecule has 0 unspecified atom stereocenters. The molecule has 0 spiro atoms. The summed E-state index contributed by atoms with van der Waals surface area (Å²) in [5.74, 6) is 5.29. The standard InChI is InChI=1S/C19H20F3N3O2/c20-19(21,22)16-10-9-15(17(12-16)25-23)8-4-5-11-24-18(26)27-13-14-6-2-1-3-7-14/h1-4,6-10,12,25H,5,11,13,23H2,(H,24,26). The molecule has 0 radical (unpaired) electrons. The number of anilines is 1. The van der Waals surface area contributed by atoms with Crippen molar-refractivity contribution in [2.24, 2.45) is 5.84 Å². The zero-order valence-electron chi connectivity index (χ0n) is 14.4. The molecule has 0 bridgehead atoms. The number of alkyl halides is 3. The molecular formula is C19H20F3N3O2. The molecule has 4 N–H and O–H groups in total. The predicted octanol–water partition coefficient (Wildman–Crippen LogP) is 4.32. The summed E-state index contributed by atoms with van der Waals surface area (Å²) in [6, 6.07) is 12.5. The van der Waals surface area contributed by atoms with Gasteiger partial charge in [-0.15, -0.1) is 0 Å². The molecule has 8 heteroatoms. The van der Waals surface area contributed by atoms with Gasteiger partial charge >= 0.3 is 12.3 Å². The number of amides is 1. The van der Waals surface area contributed by atoms with Crippen LogP contribution in [-0.2, 0) is 17.5 Å². The van der Waals surface area contributed by atoms with Gasteiger partial charge in [0.25, 0.3) is 0 Å². The molecule has 0 atom stereocenters. The van der Waals surface area contributed by atoms with Crippen molar-refractivity contribution in [3.8, 4) is 0 Å². The molecule has 0 aliphatic heterocycles. The lowest BCUT2D eigenvalue weighted by molar-refractivity contribution is -0.137. The van der Waals surface area contributed by atoms with Gasteiger partial charge < -0.3 is 15.5 Å². The van der Waals surface area contributed by atoms with Crippen molar-refractivity contribution < 1.29 is 22.7 Å². The van der Waals surface area contributed by atoms with Crippen molar-refractivity contribution in [3.63, 3.8) is 0 Å². The van der Waals surface area contributed by atoms with E-state index in [4.69, 9.17) is 10.6 Å². The summed E-state index contributed by atoms with van der Waals surface area (Å²) < 4.78 is 43.2. The number of hydrogen-bond acceptors (Lipinski definition) is 4. The minimum atomic E-state index is -4.43. The molecule has 0 aliphatic carbocycles. The molecule has 0 aliphatic rings. The van der Waals surface area contributed by atoms with Gasteiger partial charge in [0.1, 0.15) is 6.61 Å². The molecule has 2 rings (SSSR count). The molecular weight excluding hydrogens is 359 g/mol. The molecule has 0 saturated carbocycles. The molecule has 1 amide bonds. The summed E-state index contributed by atoms with van der Waals surface area (Å²) in [5, 5.41) is 2.60. The minimum absolute atomic E-state index is 0.163. The Morgan fingerprint density at radius 1 is 1.15 bits per heavy atom. The third-order valence-electron chi connectivity index (χ3n) is 3.63. The van der Waals surface area contributed by atoms with Crippen molar-refractivity contribution in [1.29, 1.82) is 0 Å². The largest absolute Gasteiger partial charge is 0.445 e. The van der Waals surface area contributed by atoms with E-state index in [2.05, 4.69) is 10.7 Å². The van der Waals surface area contributed by atoms with E-state index in [0.717, 1.165) is 17.7 Å². The number of carbonyl (C=O) groups excluding carboxylic acids is 1. The van der Waals surface area contributed by atoms with Crippen LogP contribution < -0.4 is 16.6 Å². The average molecular weight is 379 g/mol. The average Bonchev–Trinajstić information content (AvgIpc) is 2.66. The van der Waals surface area contributed by atoms with Crippen molar-refractivity contribution in [2.45, 2.75) is 19.2 Å². The molecule has 2 aromatic carbocycles. The normalized spacial score (nSPS) is 11.4. The van der Waals surface area contributed by atoms with E-state index in [9.17, 15) is 18.0 Å². The third-order valence-corrected chi connectivity index (χ3v) is 3.63. The number of nitrogens with one attached hydrogen (secondary N) is 2. The maximum absolute atomic E-state index is 12.7. The molecule has 0 heterocycles. The highest BCUT2D eigenvalue weighted by atomic mass is 19.4. The number of benzene rings is 2. The van der Waals surface area contributed by atoms with Crippen LogP contribution in [0, 0.1) is 0 Å². The molecule has 5 nitrogen and oxygen atoms in total. The van der Waals surface area contributed by atoms with Crippen LogP contribution in [-0.4, -0.2) is 12.6 Å². The summed E-state index contributed by atoms with van der Waals surface area (Å²) in [7, 11) is 0. The molecule has 27 heavy (non-hydrogen) atoms. The minimum Gasteiger partial charge on any atom is -0.445 e. The van der Waals surface area contributed by atoms with Gasteiger partial charge in [0.05, 0.1) is 11.3 Å². The summed E-state index contributed by atoms with van der Waals surface area (Å²) in [5.41, 5.74) is 3.04. The van der Waals surface area contributed by atoms with Crippen LogP contribution in [0.3, 0.4) is 0 Å². The molecule has 0 fully saturated rings. The van der Waals surface area contributed by atoms with Gasteiger partial charge in [-0.25, -0.2) is 4.79 Å². The Hall–Kier alpha value is -3.00. The van der Waals surface area contributed by atoms with Crippen molar-refractivity contribution >= 4 is 17.9 Å². The summed E-state index contributed by atoms with van der Waals surface area (Å²) in [6.07, 6.45) is -1.14. The second kappa shape index (κ2) is 9.63. The number of rotatable bonds is 7. The second-order valence-electron chi connectivity index (χ2n) is 5.62. The Morgan fingerprint density at radius 2 is 1.89 bits per heavy atom. The van der Waals surface area contributed by atoms with Gasteiger partial charge in [0, 0.05) is 6.54 Å². The maximum atomic E-state index is 12.7. The maximum Gasteiger partial charge on any atom is 0.416 e.